The van der Waals surface area contributed by atoms with Crippen molar-refractivity contribution in [1.29, 1.82) is 0 Å². The van der Waals surface area contributed by atoms with Crippen LogP contribution in [0.5, 0.6) is 0 Å². The number of piperazine rings is 1. The zero-order valence-electron chi connectivity index (χ0n) is 15.3. The van der Waals surface area contributed by atoms with Gasteiger partial charge in [0.15, 0.2) is 0 Å². The molecule has 0 aliphatic carbocycles. The molecule has 0 bridgehead atoms. The summed E-state index contributed by atoms with van der Waals surface area (Å²) in [7, 11) is 0. The zero-order chi connectivity index (χ0) is 17.2. The summed E-state index contributed by atoms with van der Waals surface area (Å²) in [5.74, 6) is 0.424. The Morgan fingerprint density at radius 2 is 1.71 bits per heavy atom. The number of rotatable bonds is 9. The summed E-state index contributed by atoms with van der Waals surface area (Å²) in [5.41, 5.74) is 1.33. The Morgan fingerprint density at radius 3 is 2.33 bits per heavy atom. The van der Waals surface area contributed by atoms with E-state index in [9.17, 15) is 4.79 Å². The molecule has 4 nitrogen and oxygen atoms in total. The SMILES string of the molecule is CCC(CC)C(=O)NCCCCN1CCN(c2ccccc2)CC1. The van der Waals surface area contributed by atoms with Crippen molar-refractivity contribution in [3.63, 3.8) is 0 Å². The highest BCUT2D eigenvalue weighted by Gasteiger charge is 2.16. The first-order valence-electron chi connectivity index (χ1n) is 9.54. The van der Waals surface area contributed by atoms with E-state index in [1.54, 1.807) is 0 Å². The smallest absolute Gasteiger partial charge is 0.223 e. The van der Waals surface area contributed by atoms with Crippen molar-refractivity contribution < 1.29 is 4.79 Å². The third-order valence-corrected chi connectivity index (χ3v) is 5.05. The molecule has 1 N–H and O–H groups in total. The minimum absolute atomic E-state index is 0.191. The Hall–Kier alpha value is -1.55. The van der Waals surface area contributed by atoms with E-state index in [2.05, 4.69) is 59.3 Å². The fourth-order valence-corrected chi connectivity index (χ4v) is 3.34. The predicted molar refractivity (Wildman–Crippen MR) is 101 cm³/mol. The van der Waals surface area contributed by atoms with Crippen molar-refractivity contribution in [3.8, 4) is 0 Å². The van der Waals surface area contributed by atoms with E-state index in [4.69, 9.17) is 0 Å². The quantitative estimate of drug-likeness (QED) is 0.706. The van der Waals surface area contributed by atoms with Gasteiger partial charge in [-0.1, -0.05) is 32.0 Å². The molecule has 0 radical (unpaired) electrons. The molecule has 0 spiro atoms. The summed E-state index contributed by atoms with van der Waals surface area (Å²) in [5, 5.41) is 3.09. The Kier molecular flexibility index (Phi) is 8.10. The van der Waals surface area contributed by atoms with Gasteiger partial charge in [0.05, 0.1) is 0 Å². The van der Waals surface area contributed by atoms with Gasteiger partial charge >= 0.3 is 0 Å². The molecule has 1 fully saturated rings. The molecule has 0 unspecified atom stereocenters. The van der Waals surface area contributed by atoms with E-state index in [0.29, 0.717) is 0 Å². The average molecular weight is 332 g/mol. The molecule has 1 aliphatic heterocycles. The molecule has 1 saturated heterocycles. The van der Waals surface area contributed by atoms with Crippen LogP contribution in [-0.2, 0) is 4.79 Å². The highest BCUT2D eigenvalue weighted by atomic mass is 16.1. The van der Waals surface area contributed by atoms with Gasteiger partial charge in [-0.15, -0.1) is 0 Å². The summed E-state index contributed by atoms with van der Waals surface area (Å²) < 4.78 is 0. The molecule has 1 aromatic rings. The summed E-state index contributed by atoms with van der Waals surface area (Å²) in [6, 6.07) is 10.7. The summed E-state index contributed by atoms with van der Waals surface area (Å²) in [6.45, 7) is 10.6. The molecular formula is C20H33N3O. The van der Waals surface area contributed by atoms with Crippen molar-refractivity contribution in [3.05, 3.63) is 30.3 Å². The van der Waals surface area contributed by atoms with Crippen LogP contribution in [0.4, 0.5) is 5.69 Å². The van der Waals surface area contributed by atoms with Gasteiger partial charge in [0.1, 0.15) is 0 Å². The Labute approximate surface area is 147 Å². The maximum Gasteiger partial charge on any atom is 0.223 e. The number of hydrogen-bond acceptors (Lipinski definition) is 3. The number of anilines is 1. The van der Waals surface area contributed by atoms with E-state index in [-0.39, 0.29) is 11.8 Å². The molecule has 0 aromatic heterocycles. The van der Waals surface area contributed by atoms with Crippen molar-refractivity contribution in [2.75, 3.05) is 44.2 Å². The van der Waals surface area contributed by atoms with E-state index >= 15 is 0 Å². The number of nitrogens with one attached hydrogen (secondary N) is 1. The highest BCUT2D eigenvalue weighted by molar-refractivity contribution is 5.78. The normalized spacial score (nSPS) is 15.7. The molecule has 1 amide bonds. The topological polar surface area (TPSA) is 35.6 Å². The van der Waals surface area contributed by atoms with Gasteiger partial charge in [-0.05, 0) is 44.4 Å². The molecule has 1 heterocycles. The minimum Gasteiger partial charge on any atom is -0.369 e. The Morgan fingerprint density at radius 1 is 1.04 bits per heavy atom. The molecule has 1 aliphatic rings. The molecule has 1 aromatic carbocycles. The lowest BCUT2D eigenvalue weighted by molar-refractivity contribution is -0.125. The lowest BCUT2D eigenvalue weighted by atomic mass is 10.0. The zero-order valence-corrected chi connectivity index (χ0v) is 15.3. The third kappa shape index (κ3) is 5.82. The molecule has 24 heavy (non-hydrogen) atoms. The van der Waals surface area contributed by atoms with E-state index in [1.165, 1.54) is 5.69 Å². The van der Waals surface area contributed by atoms with Gasteiger partial charge in [-0.3, -0.25) is 9.69 Å². The molecular weight excluding hydrogens is 298 g/mol. The number of unbranched alkanes of at least 4 members (excludes halogenated alkanes) is 1. The Bertz CT molecular complexity index is 465. The lowest BCUT2D eigenvalue weighted by Gasteiger charge is -2.36. The number of nitrogens with zero attached hydrogens (tertiary/aromatic N) is 2. The lowest BCUT2D eigenvalue weighted by Crippen LogP contribution is -2.46. The summed E-state index contributed by atoms with van der Waals surface area (Å²) in [6.07, 6.45) is 4.11. The Balaban J connectivity index is 1.56. The number of carbonyl (C=O) groups is 1. The maximum absolute atomic E-state index is 11.9. The molecule has 0 atom stereocenters. The number of hydrogen-bond donors (Lipinski definition) is 1. The van der Waals surface area contributed by atoms with Crippen LogP contribution in [0.1, 0.15) is 39.5 Å². The van der Waals surface area contributed by atoms with Gasteiger partial charge < -0.3 is 10.2 Å². The molecule has 134 valence electrons. The van der Waals surface area contributed by atoms with Crippen LogP contribution >= 0.6 is 0 Å². The van der Waals surface area contributed by atoms with Crippen molar-refractivity contribution in [2.24, 2.45) is 5.92 Å². The van der Waals surface area contributed by atoms with Crippen molar-refractivity contribution >= 4 is 11.6 Å². The van der Waals surface area contributed by atoms with E-state index in [1.807, 2.05) is 0 Å². The highest BCUT2D eigenvalue weighted by Crippen LogP contribution is 2.15. The first-order chi connectivity index (χ1) is 11.7. The van der Waals surface area contributed by atoms with Crippen LogP contribution in [-0.4, -0.2) is 50.1 Å². The number of carbonyl (C=O) groups excluding carboxylic acids is 1. The third-order valence-electron chi connectivity index (χ3n) is 5.05. The molecule has 0 saturated carbocycles. The van der Waals surface area contributed by atoms with Gasteiger partial charge in [0.2, 0.25) is 5.91 Å². The minimum atomic E-state index is 0.191. The number of para-hydroxylation sites is 1. The number of benzene rings is 1. The fraction of sp³-hybridized carbons (Fsp3) is 0.650. The second-order valence-corrected chi connectivity index (χ2v) is 6.68. The largest absolute Gasteiger partial charge is 0.369 e. The van der Waals surface area contributed by atoms with Gasteiger partial charge in [0.25, 0.3) is 0 Å². The first kappa shape index (κ1) is 18.8. The van der Waals surface area contributed by atoms with Gasteiger partial charge in [0, 0.05) is 44.3 Å². The predicted octanol–water partition coefficient (Wildman–Crippen LogP) is 3.14. The average Bonchev–Trinajstić information content (AvgIpc) is 2.64. The summed E-state index contributed by atoms with van der Waals surface area (Å²) >= 11 is 0. The molecule has 2 rings (SSSR count). The standard InChI is InChI=1S/C20H33N3O/c1-3-18(4-2)20(24)21-12-8-9-13-22-14-16-23(17-15-22)19-10-6-5-7-11-19/h5-7,10-11,18H,3-4,8-9,12-17H2,1-2H3,(H,21,24). The van der Waals surface area contributed by atoms with Crippen LogP contribution in [0.3, 0.4) is 0 Å². The van der Waals surface area contributed by atoms with Crippen molar-refractivity contribution in [2.45, 2.75) is 39.5 Å². The first-order valence-corrected chi connectivity index (χ1v) is 9.54. The van der Waals surface area contributed by atoms with E-state index in [0.717, 1.165) is 65.0 Å². The number of amides is 1. The van der Waals surface area contributed by atoms with E-state index < -0.39 is 0 Å². The van der Waals surface area contributed by atoms with Crippen LogP contribution < -0.4 is 10.2 Å². The monoisotopic (exact) mass is 331 g/mol. The maximum atomic E-state index is 11.9. The van der Waals surface area contributed by atoms with Crippen molar-refractivity contribution in [1.82, 2.24) is 10.2 Å². The second kappa shape index (κ2) is 10.3. The van der Waals surface area contributed by atoms with Gasteiger partial charge in [-0.2, -0.15) is 0 Å². The van der Waals surface area contributed by atoms with Crippen LogP contribution in [0.2, 0.25) is 0 Å². The summed E-state index contributed by atoms with van der Waals surface area (Å²) in [4.78, 5) is 16.9. The van der Waals surface area contributed by atoms with Crippen LogP contribution in [0.25, 0.3) is 0 Å². The van der Waals surface area contributed by atoms with Crippen LogP contribution in [0, 0.1) is 5.92 Å². The van der Waals surface area contributed by atoms with Gasteiger partial charge in [-0.25, -0.2) is 0 Å². The fourth-order valence-electron chi connectivity index (χ4n) is 3.34. The molecule has 4 heteroatoms. The van der Waals surface area contributed by atoms with Crippen LogP contribution in [0.15, 0.2) is 30.3 Å². The second-order valence-electron chi connectivity index (χ2n) is 6.68.